The summed E-state index contributed by atoms with van der Waals surface area (Å²) < 4.78 is 11.3. The Bertz CT molecular complexity index is 363. The number of ether oxygens (including phenoxy) is 2. The van der Waals surface area contributed by atoms with Gasteiger partial charge in [-0.25, -0.2) is 0 Å². The van der Waals surface area contributed by atoms with Crippen LogP contribution in [0, 0.1) is 5.41 Å². The van der Waals surface area contributed by atoms with Crippen molar-refractivity contribution in [3.8, 4) is 0 Å². The molecule has 6 heteroatoms. The van der Waals surface area contributed by atoms with Crippen LogP contribution in [-0.4, -0.2) is 19.4 Å². The summed E-state index contributed by atoms with van der Waals surface area (Å²) in [7, 11) is 0. The molecular formula is C9H9Cl2NO2S. The molecule has 0 amide bonds. The maximum atomic E-state index is 7.09. The van der Waals surface area contributed by atoms with Gasteiger partial charge in [0, 0.05) is 11.8 Å². The Kier molecular flexibility index (Phi) is 3.64. The van der Waals surface area contributed by atoms with Gasteiger partial charge in [0.25, 0.3) is 0 Å². The molecule has 82 valence electrons. The molecule has 1 fully saturated rings. The lowest BCUT2D eigenvalue weighted by Crippen LogP contribution is -1.94. The minimum atomic E-state index is -0.482. The number of rotatable bonds is 3. The van der Waals surface area contributed by atoms with Gasteiger partial charge in [-0.15, -0.1) is 22.9 Å². The minimum absolute atomic E-state index is 0.323. The molecule has 3 nitrogen and oxygen atoms in total. The van der Waals surface area contributed by atoms with Crippen molar-refractivity contribution in [2.45, 2.75) is 11.7 Å². The molecule has 0 aliphatic carbocycles. The molecule has 1 N–H and O–H groups in total. The number of nitrogens with one attached hydrogen (secondary N) is 1. The fraction of sp³-hybridized carbons (Fsp3) is 0.444. The molecule has 2 rings (SSSR count). The zero-order valence-corrected chi connectivity index (χ0v) is 10.0. The van der Waals surface area contributed by atoms with Gasteiger partial charge in [-0.05, 0) is 6.07 Å². The highest BCUT2D eigenvalue weighted by molar-refractivity contribution is 7.16. The SMILES string of the molecule is N=CC(Cl)c1cc(C2OCCO2)sc1Cl. The van der Waals surface area contributed by atoms with E-state index in [0.717, 1.165) is 16.7 Å². The van der Waals surface area contributed by atoms with Gasteiger partial charge in [0.1, 0.15) is 0 Å². The Morgan fingerprint density at radius 1 is 1.53 bits per heavy atom. The Morgan fingerprint density at radius 3 is 2.80 bits per heavy atom. The molecule has 1 aromatic heterocycles. The summed E-state index contributed by atoms with van der Waals surface area (Å²) in [5.74, 6) is 0. The van der Waals surface area contributed by atoms with Gasteiger partial charge in [-0.1, -0.05) is 11.6 Å². The van der Waals surface area contributed by atoms with Crippen molar-refractivity contribution in [1.82, 2.24) is 0 Å². The molecule has 0 bridgehead atoms. The van der Waals surface area contributed by atoms with E-state index in [-0.39, 0.29) is 6.29 Å². The predicted molar refractivity (Wildman–Crippen MR) is 61.4 cm³/mol. The second-order valence-electron chi connectivity index (χ2n) is 3.02. The molecule has 0 spiro atoms. The van der Waals surface area contributed by atoms with E-state index in [1.54, 1.807) is 0 Å². The van der Waals surface area contributed by atoms with Crippen LogP contribution >= 0.6 is 34.5 Å². The molecule has 1 atom stereocenters. The van der Waals surface area contributed by atoms with E-state index >= 15 is 0 Å². The number of thiophene rings is 1. The molecule has 0 saturated carbocycles. The average Bonchev–Trinajstić information content (AvgIpc) is 2.84. The van der Waals surface area contributed by atoms with Crippen LogP contribution in [0.5, 0.6) is 0 Å². The molecule has 0 radical (unpaired) electrons. The van der Waals surface area contributed by atoms with Crippen LogP contribution in [0.15, 0.2) is 6.07 Å². The van der Waals surface area contributed by atoms with Gasteiger partial charge in [0.2, 0.25) is 0 Å². The van der Waals surface area contributed by atoms with E-state index < -0.39 is 5.38 Å². The summed E-state index contributed by atoms with van der Waals surface area (Å²) in [5, 5.41) is 6.61. The van der Waals surface area contributed by atoms with Crippen LogP contribution in [0.3, 0.4) is 0 Å². The van der Waals surface area contributed by atoms with Crippen molar-refractivity contribution in [3.05, 3.63) is 20.8 Å². The Morgan fingerprint density at radius 2 is 2.20 bits per heavy atom. The summed E-state index contributed by atoms with van der Waals surface area (Å²) in [4.78, 5) is 0.903. The van der Waals surface area contributed by atoms with E-state index in [2.05, 4.69) is 0 Å². The lowest BCUT2D eigenvalue weighted by molar-refractivity contribution is -0.0413. The van der Waals surface area contributed by atoms with Crippen LogP contribution in [-0.2, 0) is 9.47 Å². The minimum Gasteiger partial charge on any atom is -0.345 e. The van der Waals surface area contributed by atoms with E-state index in [1.165, 1.54) is 11.3 Å². The highest BCUT2D eigenvalue weighted by atomic mass is 35.5. The Labute approximate surface area is 101 Å². The monoisotopic (exact) mass is 265 g/mol. The average molecular weight is 266 g/mol. The highest BCUT2D eigenvalue weighted by Gasteiger charge is 2.23. The smallest absolute Gasteiger partial charge is 0.193 e. The first kappa shape index (κ1) is 11.4. The first-order valence-electron chi connectivity index (χ1n) is 4.39. The molecule has 1 aliphatic heterocycles. The van der Waals surface area contributed by atoms with Crippen LogP contribution in [0.2, 0.25) is 4.34 Å². The third-order valence-electron chi connectivity index (χ3n) is 2.03. The van der Waals surface area contributed by atoms with Crippen molar-refractivity contribution in [1.29, 1.82) is 5.41 Å². The van der Waals surface area contributed by atoms with Crippen LogP contribution < -0.4 is 0 Å². The van der Waals surface area contributed by atoms with Crippen molar-refractivity contribution in [2.24, 2.45) is 0 Å². The maximum absolute atomic E-state index is 7.09. The third kappa shape index (κ3) is 2.34. The number of hydrogen-bond acceptors (Lipinski definition) is 4. The van der Waals surface area contributed by atoms with Crippen molar-refractivity contribution >= 4 is 40.8 Å². The van der Waals surface area contributed by atoms with Crippen molar-refractivity contribution in [2.75, 3.05) is 13.2 Å². The maximum Gasteiger partial charge on any atom is 0.193 e. The van der Waals surface area contributed by atoms with Gasteiger partial charge in [-0.3, -0.25) is 0 Å². The molecule has 2 heterocycles. The van der Waals surface area contributed by atoms with E-state index in [4.69, 9.17) is 38.1 Å². The van der Waals surface area contributed by atoms with Gasteiger partial charge < -0.3 is 14.9 Å². The molecule has 1 saturated heterocycles. The second-order valence-corrected chi connectivity index (χ2v) is 5.18. The second kappa shape index (κ2) is 4.80. The van der Waals surface area contributed by atoms with Gasteiger partial charge >= 0.3 is 0 Å². The summed E-state index contributed by atoms with van der Waals surface area (Å²) in [6.45, 7) is 1.20. The first-order chi connectivity index (χ1) is 7.22. The highest BCUT2D eigenvalue weighted by Crippen LogP contribution is 2.39. The Hall–Kier alpha value is -0.130. The molecule has 15 heavy (non-hydrogen) atoms. The lowest BCUT2D eigenvalue weighted by Gasteiger charge is -2.04. The fourth-order valence-electron chi connectivity index (χ4n) is 1.32. The predicted octanol–water partition coefficient (Wildman–Crippen LogP) is 3.38. The zero-order chi connectivity index (χ0) is 10.8. The Balaban J connectivity index is 2.23. The third-order valence-corrected chi connectivity index (χ3v) is 3.80. The van der Waals surface area contributed by atoms with E-state index in [0.29, 0.717) is 17.6 Å². The molecule has 1 aliphatic rings. The first-order valence-corrected chi connectivity index (χ1v) is 6.02. The molecule has 1 aromatic rings. The normalized spacial score (nSPS) is 19.3. The summed E-state index contributed by atoms with van der Waals surface area (Å²) in [6, 6.07) is 1.84. The summed E-state index contributed by atoms with van der Waals surface area (Å²) in [5.41, 5.74) is 0.743. The summed E-state index contributed by atoms with van der Waals surface area (Å²) in [6.07, 6.45) is 0.825. The van der Waals surface area contributed by atoms with Gasteiger partial charge in [-0.2, -0.15) is 0 Å². The fourth-order valence-corrected chi connectivity index (χ4v) is 2.98. The zero-order valence-electron chi connectivity index (χ0n) is 7.70. The molecule has 0 aromatic carbocycles. The molecule has 1 unspecified atom stereocenters. The van der Waals surface area contributed by atoms with Crippen molar-refractivity contribution < 1.29 is 9.47 Å². The largest absolute Gasteiger partial charge is 0.345 e. The summed E-state index contributed by atoms with van der Waals surface area (Å²) >= 11 is 13.3. The number of halogens is 2. The van der Waals surface area contributed by atoms with Crippen LogP contribution in [0.25, 0.3) is 0 Å². The van der Waals surface area contributed by atoms with Crippen LogP contribution in [0.1, 0.15) is 22.1 Å². The van der Waals surface area contributed by atoms with Crippen molar-refractivity contribution in [3.63, 3.8) is 0 Å². The van der Waals surface area contributed by atoms with Gasteiger partial charge in [0.05, 0.1) is 27.8 Å². The number of hydrogen-bond donors (Lipinski definition) is 1. The standard InChI is InChI=1S/C9H9Cl2NO2S/c10-6(4-12)5-3-7(15-8(5)11)9-13-1-2-14-9/h3-4,6,9,12H,1-2H2. The van der Waals surface area contributed by atoms with Gasteiger partial charge in [0.15, 0.2) is 6.29 Å². The molecular weight excluding hydrogens is 257 g/mol. The lowest BCUT2D eigenvalue weighted by atomic mass is 10.2. The van der Waals surface area contributed by atoms with Crippen LogP contribution in [0.4, 0.5) is 0 Å². The quantitative estimate of drug-likeness (QED) is 0.673. The number of alkyl halides is 1. The van der Waals surface area contributed by atoms with E-state index in [9.17, 15) is 0 Å². The van der Waals surface area contributed by atoms with E-state index in [1.807, 2.05) is 6.07 Å². The topological polar surface area (TPSA) is 42.3 Å².